The molecule has 1 aromatic heterocycles. The fraction of sp³-hybridized carbons (Fsp3) is 0.500. The number of ether oxygens (including phenoxy) is 2. The third-order valence-electron chi connectivity index (χ3n) is 5.39. The van der Waals surface area contributed by atoms with E-state index in [1.54, 1.807) is 7.11 Å². The van der Waals surface area contributed by atoms with Gasteiger partial charge < -0.3 is 14.8 Å². The zero-order valence-electron chi connectivity index (χ0n) is 15.4. The van der Waals surface area contributed by atoms with E-state index in [0.29, 0.717) is 18.8 Å². The molecule has 1 atom stereocenters. The van der Waals surface area contributed by atoms with Crippen LogP contribution in [0.25, 0.3) is 0 Å². The highest BCUT2D eigenvalue weighted by atomic mass is 16.5. The number of benzene rings is 1. The largest absolute Gasteiger partial charge is 0.497 e. The maximum atomic E-state index is 12.7. The van der Waals surface area contributed by atoms with Gasteiger partial charge in [-0.3, -0.25) is 9.48 Å². The fourth-order valence-electron chi connectivity index (χ4n) is 3.95. The number of hydrogen-bond donors (Lipinski definition) is 1. The van der Waals surface area contributed by atoms with E-state index in [9.17, 15) is 4.79 Å². The molecule has 0 bridgehead atoms. The smallest absolute Gasteiger partial charge is 0.272 e. The summed E-state index contributed by atoms with van der Waals surface area (Å²) in [4.78, 5) is 12.7. The van der Waals surface area contributed by atoms with Gasteiger partial charge in [-0.2, -0.15) is 5.10 Å². The van der Waals surface area contributed by atoms with Gasteiger partial charge in [0.05, 0.1) is 13.7 Å². The van der Waals surface area contributed by atoms with Gasteiger partial charge in [0.15, 0.2) is 5.69 Å². The molecule has 1 N–H and O–H groups in total. The number of nitrogens with one attached hydrogen (secondary N) is 1. The molecule has 6 nitrogen and oxygen atoms in total. The minimum Gasteiger partial charge on any atom is -0.497 e. The number of carbonyl (C=O) groups is 1. The van der Waals surface area contributed by atoms with Gasteiger partial charge >= 0.3 is 0 Å². The van der Waals surface area contributed by atoms with Crippen molar-refractivity contribution >= 4 is 5.91 Å². The van der Waals surface area contributed by atoms with Crippen LogP contribution in [0.15, 0.2) is 18.2 Å². The first-order chi connectivity index (χ1) is 12.7. The molecule has 138 valence electrons. The first kappa shape index (κ1) is 16.9. The van der Waals surface area contributed by atoms with E-state index < -0.39 is 0 Å². The Kier molecular flexibility index (Phi) is 4.57. The number of aromatic nitrogens is 2. The Bertz CT molecular complexity index is 828. The van der Waals surface area contributed by atoms with E-state index in [1.165, 1.54) is 12.1 Å². The van der Waals surface area contributed by atoms with Crippen molar-refractivity contribution in [1.82, 2.24) is 15.1 Å². The minimum absolute atomic E-state index is 0.0655. The van der Waals surface area contributed by atoms with Crippen LogP contribution in [0.1, 0.15) is 40.2 Å². The second kappa shape index (κ2) is 7.02. The molecule has 2 heterocycles. The lowest BCUT2D eigenvalue weighted by molar-refractivity contribution is 0.0932. The van der Waals surface area contributed by atoms with Crippen LogP contribution >= 0.6 is 0 Å². The summed E-state index contributed by atoms with van der Waals surface area (Å²) >= 11 is 0. The summed E-state index contributed by atoms with van der Waals surface area (Å²) in [6.45, 7) is 1.19. The Morgan fingerprint density at radius 2 is 2.23 bits per heavy atom. The van der Waals surface area contributed by atoms with Crippen molar-refractivity contribution in [2.45, 2.75) is 32.1 Å². The molecule has 6 heteroatoms. The Morgan fingerprint density at radius 3 is 3.08 bits per heavy atom. The molecule has 1 unspecified atom stereocenters. The second-order valence-corrected chi connectivity index (χ2v) is 7.17. The van der Waals surface area contributed by atoms with Crippen molar-refractivity contribution in [3.8, 4) is 11.5 Å². The van der Waals surface area contributed by atoms with E-state index in [4.69, 9.17) is 9.47 Å². The maximum Gasteiger partial charge on any atom is 0.272 e. The monoisotopic (exact) mass is 355 g/mol. The van der Waals surface area contributed by atoms with Crippen LogP contribution in [0.4, 0.5) is 0 Å². The van der Waals surface area contributed by atoms with E-state index in [-0.39, 0.29) is 11.8 Å². The number of fused-ring (bicyclic) bond motifs is 2. The first-order valence-electron chi connectivity index (χ1n) is 9.28. The SMILES string of the molecule is COc1ccc2c(c1)OCC(CNC(=O)c1nn(C)c3c1CCCC3)C2. The number of aryl methyl sites for hydroxylation is 1. The lowest BCUT2D eigenvalue weighted by Gasteiger charge is -2.25. The van der Waals surface area contributed by atoms with Gasteiger partial charge in [-0.05, 0) is 43.7 Å². The molecule has 0 spiro atoms. The van der Waals surface area contributed by atoms with Gasteiger partial charge in [0.25, 0.3) is 5.91 Å². The number of nitrogens with zero attached hydrogens (tertiary/aromatic N) is 2. The molecule has 0 fully saturated rings. The number of rotatable bonds is 4. The Hall–Kier alpha value is -2.50. The maximum absolute atomic E-state index is 12.7. The molecule has 0 saturated carbocycles. The van der Waals surface area contributed by atoms with Crippen molar-refractivity contribution in [2.75, 3.05) is 20.3 Å². The average molecular weight is 355 g/mol. The third-order valence-corrected chi connectivity index (χ3v) is 5.39. The second-order valence-electron chi connectivity index (χ2n) is 7.17. The van der Waals surface area contributed by atoms with Crippen molar-refractivity contribution in [1.29, 1.82) is 0 Å². The first-order valence-corrected chi connectivity index (χ1v) is 9.28. The van der Waals surface area contributed by atoms with E-state index >= 15 is 0 Å². The van der Waals surface area contributed by atoms with Crippen LogP contribution in [0.2, 0.25) is 0 Å². The lowest BCUT2D eigenvalue weighted by atomic mass is 9.95. The molecule has 1 aliphatic heterocycles. The van der Waals surface area contributed by atoms with Crippen molar-refractivity contribution in [2.24, 2.45) is 13.0 Å². The van der Waals surface area contributed by atoms with Crippen LogP contribution in [0, 0.1) is 5.92 Å². The van der Waals surface area contributed by atoms with Crippen molar-refractivity contribution < 1.29 is 14.3 Å². The van der Waals surface area contributed by atoms with Gasteiger partial charge in [0, 0.05) is 36.8 Å². The van der Waals surface area contributed by atoms with E-state index in [1.807, 2.05) is 29.9 Å². The van der Waals surface area contributed by atoms with Crippen LogP contribution in [-0.2, 0) is 26.3 Å². The molecule has 0 saturated heterocycles. The Morgan fingerprint density at radius 1 is 1.38 bits per heavy atom. The molecular weight excluding hydrogens is 330 g/mol. The molecule has 4 rings (SSSR count). The predicted octanol–water partition coefficient (Wildman–Crippen LogP) is 2.29. The Balaban J connectivity index is 1.39. The van der Waals surface area contributed by atoms with Gasteiger partial charge in [-0.15, -0.1) is 0 Å². The normalized spacial score (nSPS) is 18.5. The van der Waals surface area contributed by atoms with E-state index in [2.05, 4.69) is 10.4 Å². The Labute approximate surface area is 153 Å². The van der Waals surface area contributed by atoms with Crippen LogP contribution in [0.3, 0.4) is 0 Å². The summed E-state index contributed by atoms with van der Waals surface area (Å²) in [7, 11) is 3.58. The summed E-state index contributed by atoms with van der Waals surface area (Å²) in [5.74, 6) is 1.88. The summed E-state index contributed by atoms with van der Waals surface area (Å²) < 4.78 is 13.0. The molecule has 2 aromatic rings. The number of hydrogen-bond acceptors (Lipinski definition) is 4. The average Bonchev–Trinajstić information content (AvgIpc) is 3.02. The van der Waals surface area contributed by atoms with Crippen LogP contribution < -0.4 is 14.8 Å². The lowest BCUT2D eigenvalue weighted by Crippen LogP contribution is -2.35. The number of carbonyl (C=O) groups excluding carboxylic acids is 1. The van der Waals surface area contributed by atoms with Gasteiger partial charge in [0.1, 0.15) is 11.5 Å². The third kappa shape index (κ3) is 3.16. The van der Waals surface area contributed by atoms with Crippen molar-refractivity contribution in [3.05, 3.63) is 40.7 Å². The molecule has 1 aliphatic carbocycles. The number of methoxy groups -OCH3 is 1. The minimum atomic E-state index is -0.0655. The van der Waals surface area contributed by atoms with Gasteiger partial charge in [-0.1, -0.05) is 6.07 Å². The highest BCUT2D eigenvalue weighted by Gasteiger charge is 2.25. The summed E-state index contributed by atoms with van der Waals surface area (Å²) in [6.07, 6.45) is 5.17. The quantitative estimate of drug-likeness (QED) is 0.914. The molecule has 1 aromatic carbocycles. The standard InChI is InChI=1S/C20H25N3O3/c1-23-17-6-4-3-5-16(17)19(22-23)20(24)21-11-13-9-14-7-8-15(25-2)10-18(14)26-12-13/h7-8,10,13H,3-6,9,11-12H2,1-2H3,(H,21,24). The molecule has 1 amide bonds. The zero-order chi connectivity index (χ0) is 18.1. The van der Waals surface area contributed by atoms with Crippen molar-refractivity contribution in [3.63, 3.8) is 0 Å². The van der Waals surface area contributed by atoms with Crippen LogP contribution in [0.5, 0.6) is 11.5 Å². The molecule has 26 heavy (non-hydrogen) atoms. The predicted molar refractivity (Wildman–Crippen MR) is 97.9 cm³/mol. The fourth-order valence-corrected chi connectivity index (χ4v) is 3.95. The van der Waals surface area contributed by atoms with Gasteiger partial charge in [0.2, 0.25) is 0 Å². The highest BCUT2D eigenvalue weighted by Crippen LogP contribution is 2.31. The van der Waals surface area contributed by atoms with Gasteiger partial charge in [-0.25, -0.2) is 0 Å². The molecule has 2 aliphatic rings. The summed E-state index contributed by atoms with van der Waals surface area (Å²) in [5.41, 5.74) is 4.11. The highest BCUT2D eigenvalue weighted by molar-refractivity contribution is 5.94. The summed E-state index contributed by atoms with van der Waals surface area (Å²) in [6, 6.07) is 5.91. The molecule has 0 radical (unpaired) electrons. The number of amides is 1. The molecular formula is C20H25N3O3. The topological polar surface area (TPSA) is 65.4 Å². The zero-order valence-corrected chi connectivity index (χ0v) is 15.4. The van der Waals surface area contributed by atoms with Crippen LogP contribution in [-0.4, -0.2) is 35.9 Å². The van der Waals surface area contributed by atoms with E-state index in [0.717, 1.165) is 48.3 Å². The summed E-state index contributed by atoms with van der Waals surface area (Å²) in [5, 5.41) is 7.54.